The number of likely N-dealkylation sites (tertiary alicyclic amines) is 2. The fourth-order valence-corrected chi connectivity index (χ4v) is 4.21. The van der Waals surface area contributed by atoms with E-state index in [4.69, 9.17) is 16.0 Å². The smallest absolute Gasteiger partial charge is 0.237 e. The molecule has 2 aliphatic heterocycles. The van der Waals surface area contributed by atoms with E-state index in [0.717, 1.165) is 48.8 Å². The quantitative estimate of drug-likeness (QED) is 0.776. The normalized spacial score (nSPS) is 20.9. The van der Waals surface area contributed by atoms with Gasteiger partial charge in [-0.05, 0) is 56.5 Å². The Hall–Kier alpha value is -1.85. The summed E-state index contributed by atoms with van der Waals surface area (Å²) in [5, 5.41) is 0.728. The number of amides is 1. The fourth-order valence-electron chi connectivity index (χ4n) is 4.08. The van der Waals surface area contributed by atoms with Crippen LogP contribution in [0.4, 0.5) is 0 Å². The standard InChI is InChI=1S/C21H26ClN3O2/c22-17-8-6-16(7-9-17)13-18-14-23-21(27-18)19-5-4-12-25(19)20(26)15-24-10-2-1-3-11-24/h6-9,14,19H,1-5,10-13,15H2/t19-/m1/s1. The van der Waals surface area contributed by atoms with Crippen LogP contribution in [-0.2, 0) is 11.2 Å². The summed E-state index contributed by atoms with van der Waals surface area (Å²) in [6.07, 6.45) is 8.07. The summed E-state index contributed by atoms with van der Waals surface area (Å²) in [6, 6.07) is 7.72. The maximum absolute atomic E-state index is 12.8. The molecule has 0 saturated carbocycles. The minimum Gasteiger partial charge on any atom is -0.443 e. The summed E-state index contributed by atoms with van der Waals surface area (Å²) in [4.78, 5) is 21.6. The second kappa shape index (κ2) is 8.44. The molecule has 3 heterocycles. The summed E-state index contributed by atoms with van der Waals surface area (Å²) >= 11 is 5.94. The Bertz CT molecular complexity index is 768. The molecule has 0 unspecified atom stereocenters. The van der Waals surface area contributed by atoms with Crippen molar-refractivity contribution >= 4 is 17.5 Å². The Morgan fingerprint density at radius 2 is 1.89 bits per heavy atom. The van der Waals surface area contributed by atoms with E-state index in [-0.39, 0.29) is 11.9 Å². The maximum Gasteiger partial charge on any atom is 0.237 e. The van der Waals surface area contributed by atoms with Gasteiger partial charge in [-0.25, -0.2) is 4.98 Å². The van der Waals surface area contributed by atoms with Crippen LogP contribution < -0.4 is 0 Å². The molecule has 27 heavy (non-hydrogen) atoms. The zero-order valence-corrected chi connectivity index (χ0v) is 16.3. The number of nitrogens with zero attached hydrogens (tertiary/aromatic N) is 3. The lowest BCUT2D eigenvalue weighted by Crippen LogP contribution is -2.42. The molecule has 2 aliphatic rings. The van der Waals surface area contributed by atoms with Gasteiger partial charge in [0.25, 0.3) is 0 Å². The first kappa shape index (κ1) is 18.5. The Morgan fingerprint density at radius 3 is 2.67 bits per heavy atom. The van der Waals surface area contributed by atoms with Crippen molar-refractivity contribution in [3.63, 3.8) is 0 Å². The lowest BCUT2D eigenvalue weighted by Gasteiger charge is -2.29. The third-order valence-electron chi connectivity index (χ3n) is 5.53. The lowest BCUT2D eigenvalue weighted by molar-refractivity contribution is -0.134. The number of benzene rings is 1. The molecule has 1 atom stereocenters. The number of oxazole rings is 1. The molecular weight excluding hydrogens is 362 g/mol. The topological polar surface area (TPSA) is 49.6 Å². The summed E-state index contributed by atoms with van der Waals surface area (Å²) in [7, 11) is 0. The summed E-state index contributed by atoms with van der Waals surface area (Å²) in [5.74, 6) is 1.70. The minimum absolute atomic E-state index is 0.0266. The van der Waals surface area contributed by atoms with Crippen molar-refractivity contribution in [2.75, 3.05) is 26.2 Å². The number of piperidine rings is 1. The molecule has 0 spiro atoms. The van der Waals surface area contributed by atoms with Gasteiger partial charge in [-0.3, -0.25) is 9.69 Å². The second-order valence-corrected chi connectivity index (χ2v) is 7.99. The number of hydrogen-bond donors (Lipinski definition) is 0. The zero-order valence-electron chi connectivity index (χ0n) is 15.6. The van der Waals surface area contributed by atoms with Gasteiger partial charge in [0.1, 0.15) is 11.8 Å². The number of hydrogen-bond acceptors (Lipinski definition) is 4. The molecule has 2 fully saturated rings. The first-order chi connectivity index (χ1) is 13.2. The molecule has 0 aliphatic carbocycles. The molecule has 4 rings (SSSR count). The zero-order chi connectivity index (χ0) is 18.6. The number of carbonyl (C=O) groups excluding carboxylic acids is 1. The van der Waals surface area contributed by atoms with Gasteiger partial charge in [-0.15, -0.1) is 0 Å². The molecule has 0 N–H and O–H groups in total. The van der Waals surface area contributed by atoms with Crippen molar-refractivity contribution in [1.82, 2.24) is 14.8 Å². The van der Waals surface area contributed by atoms with Crippen LogP contribution in [0.2, 0.25) is 5.02 Å². The first-order valence-corrected chi connectivity index (χ1v) is 10.3. The van der Waals surface area contributed by atoms with E-state index >= 15 is 0 Å². The Kier molecular flexibility index (Phi) is 5.79. The highest BCUT2D eigenvalue weighted by Gasteiger charge is 2.34. The third kappa shape index (κ3) is 4.53. The van der Waals surface area contributed by atoms with E-state index in [1.54, 1.807) is 6.20 Å². The van der Waals surface area contributed by atoms with Crippen LogP contribution in [0.1, 0.15) is 55.4 Å². The highest BCUT2D eigenvalue weighted by molar-refractivity contribution is 6.30. The summed E-state index contributed by atoms with van der Waals surface area (Å²) in [5.41, 5.74) is 1.13. The van der Waals surface area contributed by atoms with Crippen LogP contribution in [-0.4, -0.2) is 46.9 Å². The Morgan fingerprint density at radius 1 is 1.11 bits per heavy atom. The minimum atomic E-state index is -0.0266. The van der Waals surface area contributed by atoms with E-state index in [1.165, 1.54) is 19.3 Å². The number of aromatic nitrogens is 1. The molecule has 0 bridgehead atoms. The fraction of sp³-hybridized carbons (Fsp3) is 0.524. The molecule has 6 heteroatoms. The largest absolute Gasteiger partial charge is 0.443 e. The monoisotopic (exact) mass is 387 g/mol. The number of rotatable bonds is 5. The lowest BCUT2D eigenvalue weighted by atomic mass is 10.1. The molecule has 5 nitrogen and oxygen atoms in total. The molecule has 0 radical (unpaired) electrons. The van der Waals surface area contributed by atoms with Crippen molar-refractivity contribution in [3.8, 4) is 0 Å². The van der Waals surface area contributed by atoms with Crippen molar-refractivity contribution in [2.45, 2.75) is 44.6 Å². The van der Waals surface area contributed by atoms with Crippen molar-refractivity contribution < 1.29 is 9.21 Å². The Balaban J connectivity index is 1.40. The predicted molar refractivity (Wildman–Crippen MR) is 105 cm³/mol. The SMILES string of the molecule is O=C(CN1CCCCC1)N1CCC[C@@H]1c1ncc(Cc2ccc(Cl)cc2)o1. The van der Waals surface area contributed by atoms with Crippen LogP contribution >= 0.6 is 11.6 Å². The van der Waals surface area contributed by atoms with E-state index in [1.807, 2.05) is 29.2 Å². The van der Waals surface area contributed by atoms with Crippen LogP contribution in [0, 0.1) is 0 Å². The van der Waals surface area contributed by atoms with Gasteiger partial charge in [0.05, 0.1) is 12.7 Å². The number of carbonyl (C=O) groups is 1. The second-order valence-electron chi connectivity index (χ2n) is 7.55. The molecule has 2 saturated heterocycles. The molecule has 1 aromatic carbocycles. The van der Waals surface area contributed by atoms with Gasteiger partial charge >= 0.3 is 0 Å². The highest BCUT2D eigenvalue weighted by Crippen LogP contribution is 2.32. The third-order valence-corrected chi connectivity index (χ3v) is 5.78. The summed E-state index contributed by atoms with van der Waals surface area (Å²) in [6.45, 7) is 3.39. The van der Waals surface area contributed by atoms with Crippen molar-refractivity contribution in [1.29, 1.82) is 0 Å². The average molecular weight is 388 g/mol. The molecular formula is C21H26ClN3O2. The summed E-state index contributed by atoms with van der Waals surface area (Å²) < 4.78 is 6.02. The molecule has 144 valence electrons. The van der Waals surface area contributed by atoms with Crippen LogP contribution in [0.5, 0.6) is 0 Å². The van der Waals surface area contributed by atoms with Gasteiger partial charge in [0.15, 0.2) is 0 Å². The van der Waals surface area contributed by atoms with Gasteiger partial charge in [-0.1, -0.05) is 30.2 Å². The van der Waals surface area contributed by atoms with Crippen LogP contribution in [0.3, 0.4) is 0 Å². The van der Waals surface area contributed by atoms with E-state index in [2.05, 4.69) is 9.88 Å². The van der Waals surface area contributed by atoms with Crippen LogP contribution in [0.25, 0.3) is 0 Å². The average Bonchev–Trinajstić information content (AvgIpc) is 3.33. The van der Waals surface area contributed by atoms with E-state index in [0.29, 0.717) is 18.9 Å². The first-order valence-electron chi connectivity index (χ1n) is 9.90. The molecule has 2 aromatic rings. The van der Waals surface area contributed by atoms with E-state index in [9.17, 15) is 4.79 Å². The molecule has 1 amide bonds. The van der Waals surface area contributed by atoms with Gasteiger partial charge in [-0.2, -0.15) is 0 Å². The predicted octanol–water partition coefficient (Wildman–Crippen LogP) is 4.07. The Labute approximate surface area is 165 Å². The van der Waals surface area contributed by atoms with Gasteiger partial charge in [0, 0.05) is 18.0 Å². The maximum atomic E-state index is 12.8. The molecule has 1 aromatic heterocycles. The van der Waals surface area contributed by atoms with E-state index < -0.39 is 0 Å². The van der Waals surface area contributed by atoms with Gasteiger partial charge in [0.2, 0.25) is 11.8 Å². The van der Waals surface area contributed by atoms with Crippen molar-refractivity contribution in [2.24, 2.45) is 0 Å². The van der Waals surface area contributed by atoms with Crippen LogP contribution in [0.15, 0.2) is 34.9 Å². The van der Waals surface area contributed by atoms with Crippen molar-refractivity contribution in [3.05, 3.63) is 52.7 Å². The number of halogens is 1. The van der Waals surface area contributed by atoms with Gasteiger partial charge < -0.3 is 9.32 Å². The highest BCUT2D eigenvalue weighted by atomic mass is 35.5.